The Hall–Kier alpha value is -2.45. The van der Waals surface area contributed by atoms with Crippen LogP contribution in [0.1, 0.15) is 13.3 Å². The molecule has 151 valence electrons. The number of hydrogen-bond acceptors (Lipinski definition) is 2. The Morgan fingerprint density at radius 2 is 1.67 bits per heavy atom. The van der Waals surface area contributed by atoms with E-state index in [4.69, 9.17) is 4.98 Å². The minimum atomic E-state index is 0. The molecule has 0 bridgehead atoms. The molecule has 3 aromatic heterocycles. The molecule has 30 heavy (non-hydrogen) atoms. The number of nitrogens with zero attached hydrogens (tertiary/aromatic N) is 3. The van der Waals surface area contributed by atoms with Crippen LogP contribution < -0.4 is 4.46 Å². The molecule has 5 heteroatoms. The largest absolute Gasteiger partial charge is 0 e. The van der Waals surface area contributed by atoms with Gasteiger partial charge >= 0.3 is 178 Å². The summed E-state index contributed by atoms with van der Waals surface area (Å²) in [7, 11) is 0. The van der Waals surface area contributed by atoms with E-state index in [1.165, 1.54) is 16.4 Å². The molecule has 0 spiro atoms. The van der Waals surface area contributed by atoms with Gasteiger partial charge in [-0.2, -0.15) is 0 Å². The Labute approximate surface area is 194 Å². The summed E-state index contributed by atoms with van der Waals surface area (Å²) in [6.45, 7) is 3.19. The number of aryl methyl sites for hydroxylation is 1. The van der Waals surface area contributed by atoms with Crippen molar-refractivity contribution in [2.75, 3.05) is 0 Å². The number of rotatable bonds is 4. The van der Waals surface area contributed by atoms with Gasteiger partial charge in [-0.1, -0.05) is 0 Å². The maximum Gasteiger partial charge on any atom is 0 e. The van der Waals surface area contributed by atoms with Crippen molar-refractivity contribution in [3.8, 4) is 22.5 Å². The monoisotopic (exact) mass is 499 g/mol. The number of pyridine rings is 2. The summed E-state index contributed by atoms with van der Waals surface area (Å²) < 4.78 is 3.51. The van der Waals surface area contributed by atoms with Crippen LogP contribution in [0.15, 0.2) is 72.9 Å². The summed E-state index contributed by atoms with van der Waals surface area (Å²) in [5.74, 6) is 0. The zero-order chi connectivity index (χ0) is 19.8. The average molecular weight is 499 g/mol. The van der Waals surface area contributed by atoms with E-state index in [2.05, 4.69) is 75.0 Å². The molecule has 5 rings (SSSR count). The molecule has 0 fully saturated rings. The Morgan fingerprint density at radius 3 is 2.43 bits per heavy atom. The zero-order valence-electron chi connectivity index (χ0n) is 16.4. The summed E-state index contributed by atoms with van der Waals surface area (Å²) in [6.07, 6.45) is 2.89. The van der Waals surface area contributed by atoms with Gasteiger partial charge in [0, 0.05) is 16.5 Å². The average Bonchev–Trinajstić information content (AvgIpc) is 3.09. The number of aromatic nitrogens is 3. The summed E-state index contributed by atoms with van der Waals surface area (Å²) in [4.78, 5) is 9.53. The summed E-state index contributed by atoms with van der Waals surface area (Å²) in [6, 6.07) is 26.2. The van der Waals surface area contributed by atoms with Crippen molar-refractivity contribution in [3.63, 3.8) is 0 Å². The molecule has 1 radical (unpaired) electrons. The second-order valence-electron chi connectivity index (χ2n) is 7.06. The van der Waals surface area contributed by atoms with E-state index >= 15 is 0 Å². The third-order valence-electron chi connectivity index (χ3n) is 5.16. The molecular formula is C25H19N3NiSe-. The van der Waals surface area contributed by atoms with Crippen LogP contribution in [0.3, 0.4) is 0 Å². The van der Waals surface area contributed by atoms with E-state index < -0.39 is 0 Å². The van der Waals surface area contributed by atoms with Crippen molar-refractivity contribution < 1.29 is 16.5 Å². The minimum absolute atomic E-state index is 0. The fraction of sp³-hybridized carbons (Fsp3) is 0.120. The van der Waals surface area contributed by atoms with Gasteiger partial charge in [0.15, 0.2) is 0 Å². The summed E-state index contributed by atoms with van der Waals surface area (Å²) in [5.41, 5.74) is 7.24. The molecule has 2 aromatic carbocycles. The molecule has 3 heterocycles. The van der Waals surface area contributed by atoms with Gasteiger partial charge in [0.1, 0.15) is 0 Å². The summed E-state index contributed by atoms with van der Waals surface area (Å²) >= 11 is 3.21. The first-order chi connectivity index (χ1) is 14.3. The van der Waals surface area contributed by atoms with Gasteiger partial charge in [0.2, 0.25) is 0 Å². The quantitative estimate of drug-likeness (QED) is 0.260. The van der Waals surface area contributed by atoms with E-state index in [0.717, 1.165) is 45.5 Å². The smallest absolute Gasteiger partial charge is 0 e. The molecular weight excluding hydrogens is 480 g/mol. The van der Waals surface area contributed by atoms with Gasteiger partial charge in [-0.05, 0) is 0 Å². The van der Waals surface area contributed by atoms with Crippen LogP contribution in [0.25, 0.3) is 44.5 Å². The van der Waals surface area contributed by atoms with Gasteiger partial charge < -0.3 is 0 Å². The van der Waals surface area contributed by atoms with Gasteiger partial charge in [0.25, 0.3) is 0 Å². The molecule has 5 aromatic rings. The first-order valence-electron chi connectivity index (χ1n) is 9.79. The fourth-order valence-electron chi connectivity index (χ4n) is 3.87. The third kappa shape index (κ3) is 3.58. The van der Waals surface area contributed by atoms with Crippen LogP contribution in [-0.2, 0) is 23.0 Å². The molecule has 0 N–H and O–H groups in total. The second kappa shape index (κ2) is 8.73. The van der Waals surface area contributed by atoms with Crippen LogP contribution in [0.4, 0.5) is 0 Å². The second-order valence-corrected chi connectivity index (χ2v) is 7.98. The molecule has 3 nitrogen and oxygen atoms in total. The Kier molecular flexibility index (Phi) is 6.06. The molecule has 0 aliphatic carbocycles. The van der Waals surface area contributed by atoms with Crippen molar-refractivity contribution in [1.82, 2.24) is 14.5 Å². The predicted molar refractivity (Wildman–Crippen MR) is 120 cm³/mol. The maximum absolute atomic E-state index is 5.08. The van der Waals surface area contributed by atoms with Crippen LogP contribution >= 0.6 is 0 Å². The van der Waals surface area contributed by atoms with Gasteiger partial charge in [-0.3, -0.25) is 0 Å². The third-order valence-corrected chi connectivity index (χ3v) is 5.87. The van der Waals surface area contributed by atoms with E-state index in [-0.39, 0.29) is 16.5 Å². The Morgan fingerprint density at radius 1 is 0.867 bits per heavy atom. The van der Waals surface area contributed by atoms with Crippen LogP contribution in [0.2, 0.25) is 0 Å². The standard InChI is InChI=1S/C25H19N3Se.Ni/c1-2-15-28-21-10-6-11-23(29)24(21)25-22(28)13-12-20(27-25)18-8-5-7-17(16-18)19-9-3-4-14-26-19;/h3-14H,2,15H2,1H3;/q-1;. The molecule has 0 aliphatic heterocycles. The maximum atomic E-state index is 5.08. The topological polar surface area (TPSA) is 30.7 Å². The molecule has 0 saturated carbocycles. The minimum Gasteiger partial charge on any atom is 0 e. The van der Waals surface area contributed by atoms with Crippen molar-refractivity contribution in [2.24, 2.45) is 0 Å². The number of hydrogen-bond donors (Lipinski definition) is 0. The number of benzene rings is 2. The van der Waals surface area contributed by atoms with Crippen molar-refractivity contribution in [3.05, 3.63) is 79.0 Å². The van der Waals surface area contributed by atoms with Gasteiger partial charge in [-0.25, -0.2) is 0 Å². The van der Waals surface area contributed by atoms with E-state index in [9.17, 15) is 0 Å². The van der Waals surface area contributed by atoms with Crippen LogP contribution in [-0.4, -0.2) is 30.5 Å². The normalized spacial score (nSPS) is 11.0. The number of fused-ring (bicyclic) bond motifs is 3. The van der Waals surface area contributed by atoms with E-state index in [1.54, 1.807) is 0 Å². The van der Waals surface area contributed by atoms with Crippen molar-refractivity contribution >= 4 is 42.4 Å². The van der Waals surface area contributed by atoms with Crippen molar-refractivity contribution in [2.45, 2.75) is 19.9 Å². The molecule has 0 unspecified atom stereocenters. The Bertz CT molecular complexity index is 1330. The Balaban J connectivity index is 0.00000218. The van der Waals surface area contributed by atoms with Crippen LogP contribution in [0, 0.1) is 6.07 Å². The van der Waals surface area contributed by atoms with Gasteiger partial charge in [0.05, 0.1) is 0 Å². The first kappa shape index (κ1) is 20.8. The van der Waals surface area contributed by atoms with Crippen LogP contribution in [0.5, 0.6) is 0 Å². The summed E-state index contributed by atoms with van der Waals surface area (Å²) in [5, 5.41) is 1.19. The molecule has 0 amide bonds. The zero-order valence-corrected chi connectivity index (χ0v) is 19.1. The first-order valence-corrected chi connectivity index (χ1v) is 10.6. The molecule has 0 aliphatic rings. The SMILES string of the molecule is CCCn1c2ccc(-c3[c-]c(-c4ccccn4)ccc3)nc2c2c([Se])cccc21.[Ni]. The van der Waals surface area contributed by atoms with Gasteiger partial charge in [-0.15, -0.1) is 0 Å². The molecule has 0 saturated heterocycles. The van der Waals surface area contributed by atoms with Crippen molar-refractivity contribution in [1.29, 1.82) is 0 Å². The van der Waals surface area contributed by atoms with E-state index in [1.807, 2.05) is 36.5 Å². The molecule has 0 atom stereocenters. The van der Waals surface area contributed by atoms with E-state index in [0.29, 0.717) is 0 Å². The fourth-order valence-corrected chi connectivity index (χ4v) is 4.46. The predicted octanol–water partition coefficient (Wildman–Crippen LogP) is 4.92.